The Morgan fingerprint density at radius 2 is 1.74 bits per heavy atom. The lowest BCUT2D eigenvalue weighted by atomic mass is 9.92. The standard InChI is InChI=1S/C25H29N3O3/c1-19-18-22(26-31-19)21(20-6-3-2-4-7-20)10-11-27-12-14-28(15-13-27)23-8-5-9-24-25(23)30-17-16-29-24/h2-9,18,21H,10-17H2,1H3. The second kappa shape index (κ2) is 9.02. The van der Waals surface area contributed by atoms with Crippen LogP contribution in [0.5, 0.6) is 11.5 Å². The van der Waals surface area contributed by atoms with E-state index in [9.17, 15) is 0 Å². The van der Waals surface area contributed by atoms with Crippen molar-refractivity contribution in [3.8, 4) is 11.5 Å². The second-order valence-electron chi connectivity index (χ2n) is 8.24. The molecule has 0 bridgehead atoms. The number of anilines is 1. The van der Waals surface area contributed by atoms with Crippen LogP contribution in [-0.2, 0) is 0 Å². The molecule has 3 aromatic rings. The van der Waals surface area contributed by atoms with E-state index in [4.69, 9.17) is 14.0 Å². The van der Waals surface area contributed by atoms with E-state index in [1.54, 1.807) is 0 Å². The number of aromatic nitrogens is 1. The number of hydrogen-bond donors (Lipinski definition) is 0. The molecule has 5 rings (SSSR count). The zero-order valence-electron chi connectivity index (χ0n) is 18.0. The van der Waals surface area contributed by atoms with Gasteiger partial charge in [-0.2, -0.15) is 0 Å². The Hall–Kier alpha value is -2.99. The number of piperazine rings is 1. The fraction of sp³-hybridized carbons (Fsp3) is 0.400. The van der Waals surface area contributed by atoms with Gasteiger partial charge in [-0.15, -0.1) is 0 Å². The van der Waals surface area contributed by atoms with Gasteiger partial charge in [-0.3, -0.25) is 4.90 Å². The number of nitrogens with zero attached hydrogens (tertiary/aromatic N) is 3. The van der Waals surface area contributed by atoms with Crippen molar-refractivity contribution in [1.29, 1.82) is 0 Å². The van der Waals surface area contributed by atoms with Crippen LogP contribution in [0, 0.1) is 6.92 Å². The first-order valence-corrected chi connectivity index (χ1v) is 11.1. The van der Waals surface area contributed by atoms with Crippen molar-refractivity contribution in [2.45, 2.75) is 19.3 Å². The van der Waals surface area contributed by atoms with Crippen molar-refractivity contribution in [1.82, 2.24) is 10.1 Å². The molecule has 0 aliphatic carbocycles. The summed E-state index contributed by atoms with van der Waals surface area (Å²) in [6.45, 7) is 8.26. The van der Waals surface area contributed by atoms with Crippen LogP contribution < -0.4 is 14.4 Å². The molecule has 1 aromatic heterocycles. The molecule has 0 saturated carbocycles. The predicted molar refractivity (Wildman–Crippen MR) is 120 cm³/mol. The molecule has 3 heterocycles. The molecule has 1 saturated heterocycles. The van der Waals surface area contributed by atoms with Gasteiger partial charge in [-0.25, -0.2) is 0 Å². The summed E-state index contributed by atoms with van der Waals surface area (Å²) in [7, 11) is 0. The van der Waals surface area contributed by atoms with Gasteiger partial charge in [0.25, 0.3) is 0 Å². The molecular weight excluding hydrogens is 390 g/mol. The monoisotopic (exact) mass is 419 g/mol. The maximum absolute atomic E-state index is 5.92. The summed E-state index contributed by atoms with van der Waals surface area (Å²) >= 11 is 0. The van der Waals surface area contributed by atoms with E-state index in [1.807, 2.05) is 13.0 Å². The molecule has 0 spiro atoms. The van der Waals surface area contributed by atoms with Crippen LogP contribution in [0.3, 0.4) is 0 Å². The van der Waals surface area contributed by atoms with Crippen LogP contribution in [0.25, 0.3) is 0 Å². The second-order valence-corrected chi connectivity index (χ2v) is 8.24. The Labute approximate surface area is 183 Å². The van der Waals surface area contributed by atoms with Crippen LogP contribution in [0.1, 0.15) is 29.4 Å². The fourth-order valence-corrected chi connectivity index (χ4v) is 4.55. The number of aryl methyl sites for hydroxylation is 1. The van der Waals surface area contributed by atoms with Crippen molar-refractivity contribution >= 4 is 5.69 Å². The van der Waals surface area contributed by atoms with E-state index in [1.165, 1.54) is 5.56 Å². The molecule has 2 aromatic carbocycles. The number of para-hydroxylation sites is 1. The van der Waals surface area contributed by atoms with Gasteiger partial charge in [-0.1, -0.05) is 41.6 Å². The fourth-order valence-electron chi connectivity index (χ4n) is 4.55. The number of ether oxygens (including phenoxy) is 2. The molecule has 6 heteroatoms. The topological polar surface area (TPSA) is 51.0 Å². The molecule has 0 amide bonds. The number of rotatable bonds is 6. The molecule has 1 unspecified atom stereocenters. The SMILES string of the molecule is Cc1cc(C(CCN2CCN(c3cccc4c3OCCO4)CC2)c2ccccc2)no1. The van der Waals surface area contributed by atoms with Crippen molar-refractivity contribution in [3.63, 3.8) is 0 Å². The summed E-state index contributed by atoms with van der Waals surface area (Å²) in [5, 5.41) is 4.32. The minimum Gasteiger partial charge on any atom is -0.486 e. The van der Waals surface area contributed by atoms with Gasteiger partial charge in [0.15, 0.2) is 11.5 Å². The summed E-state index contributed by atoms with van der Waals surface area (Å²) in [6, 6.07) is 18.9. The molecular formula is C25H29N3O3. The van der Waals surface area contributed by atoms with Gasteiger partial charge >= 0.3 is 0 Å². The zero-order chi connectivity index (χ0) is 21.0. The highest BCUT2D eigenvalue weighted by atomic mass is 16.6. The quantitative estimate of drug-likeness (QED) is 0.600. The molecule has 2 aliphatic heterocycles. The molecule has 6 nitrogen and oxygen atoms in total. The minimum atomic E-state index is 0.253. The normalized spacial score (nSPS) is 17.5. The third kappa shape index (κ3) is 4.39. The van der Waals surface area contributed by atoms with E-state index in [0.717, 1.165) is 67.8 Å². The minimum absolute atomic E-state index is 0.253. The van der Waals surface area contributed by atoms with Crippen LogP contribution >= 0.6 is 0 Å². The Morgan fingerprint density at radius 3 is 2.52 bits per heavy atom. The summed E-state index contributed by atoms with van der Waals surface area (Å²) in [6.07, 6.45) is 1.02. The maximum Gasteiger partial charge on any atom is 0.184 e. The maximum atomic E-state index is 5.92. The smallest absolute Gasteiger partial charge is 0.184 e. The molecule has 2 aliphatic rings. The van der Waals surface area contributed by atoms with Gasteiger partial charge < -0.3 is 18.9 Å². The van der Waals surface area contributed by atoms with Crippen molar-refractivity contribution in [2.24, 2.45) is 0 Å². The summed E-state index contributed by atoms with van der Waals surface area (Å²) in [5.41, 5.74) is 3.47. The number of hydrogen-bond acceptors (Lipinski definition) is 6. The van der Waals surface area contributed by atoms with Crippen LogP contribution in [0.4, 0.5) is 5.69 Å². The van der Waals surface area contributed by atoms with E-state index in [-0.39, 0.29) is 5.92 Å². The average Bonchev–Trinajstić information content (AvgIpc) is 3.26. The number of benzene rings is 2. The van der Waals surface area contributed by atoms with Crippen LogP contribution in [0.2, 0.25) is 0 Å². The van der Waals surface area contributed by atoms with Crippen LogP contribution in [0.15, 0.2) is 59.1 Å². The first-order valence-electron chi connectivity index (χ1n) is 11.1. The molecule has 1 atom stereocenters. The Balaban J connectivity index is 1.22. The summed E-state index contributed by atoms with van der Waals surface area (Å²) in [4.78, 5) is 4.96. The van der Waals surface area contributed by atoms with Gasteiger partial charge in [0.2, 0.25) is 0 Å². The van der Waals surface area contributed by atoms with Gasteiger partial charge in [0.1, 0.15) is 19.0 Å². The van der Waals surface area contributed by atoms with Gasteiger partial charge in [-0.05, 0) is 37.6 Å². The lowest BCUT2D eigenvalue weighted by molar-refractivity contribution is 0.171. The first kappa shape index (κ1) is 19.9. The molecule has 31 heavy (non-hydrogen) atoms. The summed E-state index contributed by atoms with van der Waals surface area (Å²) in [5.74, 6) is 2.87. The Bertz CT molecular complexity index is 996. The predicted octanol–water partition coefficient (Wildman–Crippen LogP) is 4.10. The molecule has 162 valence electrons. The third-order valence-electron chi connectivity index (χ3n) is 6.20. The number of fused-ring (bicyclic) bond motifs is 1. The first-order chi connectivity index (χ1) is 15.3. The van der Waals surface area contributed by atoms with E-state index >= 15 is 0 Å². The van der Waals surface area contributed by atoms with Crippen molar-refractivity contribution < 1.29 is 14.0 Å². The Morgan fingerprint density at radius 1 is 0.935 bits per heavy atom. The highest BCUT2D eigenvalue weighted by Crippen LogP contribution is 2.39. The molecule has 0 radical (unpaired) electrons. The third-order valence-corrected chi connectivity index (χ3v) is 6.20. The van der Waals surface area contributed by atoms with E-state index < -0.39 is 0 Å². The highest BCUT2D eigenvalue weighted by molar-refractivity contribution is 5.65. The Kier molecular flexibility index (Phi) is 5.80. The van der Waals surface area contributed by atoms with E-state index in [0.29, 0.717) is 13.2 Å². The largest absolute Gasteiger partial charge is 0.486 e. The molecule has 0 N–H and O–H groups in total. The van der Waals surface area contributed by atoms with E-state index in [2.05, 4.69) is 63.5 Å². The van der Waals surface area contributed by atoms with Gasteiger partial charge in [0, 0.05) is 38.2 Å². The highest BCUT2D eigenvalue weighted by Gasteiger charge is 2.25. The molecule has 1 fully saturated rings. The van der Waals surface area contributed by atoms with Gasteiger partial charge in [0.05, 0.1) is 11.4 Å². The van der Waals surface area contributed by atoms with Crippen molar-refractivity contribution in [2.75, 3.05) is 50.8 Å². The van der Waals surface area contributed by atoms with Crippen molar-refractivity contribution in [3.05, 3.63) is 71.6 Å². The van der Waals surface area contributed by atoms with Crippen LogP contribution in [-0.4, -0.2) is 56.0 Å². The lowest BCUT2D eigenvalue weighted by Gasteiger charge is -2.37. The zero-order valence-corrected chi connectivity index (χ0v) is 18.0. The average molecular weight is 420 g/mol. The lowest BCUT2D eigenvalue weighted by Crippen LogP contribution is -2.47. The summed E-state index contributed by atoms with van der Waals surface area (Å²) < 4.78 is 17.0.